The van der Waals surface area contributed by atoms with Crippen LogP contribution in [0.1, 0.15) is 0 Å². The summed E-state index contributed by atoms with van der Waals surface area (Å²) >= 11 is 3.18. The standard InChI is InChI=1S/C10H15BrN4O2/c1-13(2)4-5-14(3)10-9(15(16)17)6-8(11)7-12-10/h6-7H,4-5H2,1-3H3. The van der Waals surface area contributed by atoms with Crippen LogP contribution in [0.25, 0.3) is 0 Å². The molecule has 7 heteroatoms. The van der Waals surface area contributed by atoms with Crippen molar-refractivity contribution >= 4 is 27.4 Å². The first-order valence-corrected chi connectivity index (χ1v) is 5.87. The third-order valence-electron chi connectivity index (χ3n) is 2.25. The van der Waals surface area contributed by atoms with E-state index in [4.69, 9.17) is 0 Å². The minimum atomic E-state index is -0.417. The van der Waals surface area contributed by atoms with E-state index in [-0.39, 0.29) is 5.69 Å². The highest BCUT2D eigenvalue weighted by molar-refractivity contribution is 9.10. The maximum atomic E-state index is 10.9. The van der Waals surface area contributed by atoms with Gasteiger partial charge < -0.3 is 9.80 Å². The molecule has 17 heavy (non-hydrogen) atoms. The van der Waals surface area contributed by atoms with Crippen LogP contribution >= 0.6 is 15.9 Å². The summed E-state index contributed by atoms with van der Waals surface area (Å²) < 4.78 is 0.606. The topological polar surface area (TPSA) is 62.5 Å². The van der Waals surface area contributed by atoms with Gasteiger partial charge in [0.15, 0.2) is 0 Å². The summed E-state index contributed by atoms with van der Waals surface area (Å²) in [6, 6.07) is 1.47. The monoisotopic (exact) mass is 302 g/mol. The fourth-order valence-corrected chi connectivity index (χ4v) is 1.62. The van der Waals surface area contributed by atoms with Crippen LogP contribution in [0, 0.1) is 10.1 Å². The van der Waals surface area contributed by atoms with Gasteiger partial charge in [0.2, 0.25) is 5.82 Å². The Morgan fingerprint density at radius 3 is 2.59 bits per heavy atom. The molecule has 0 amide bonds. The van der Waals surface area contributed by atoms with Gasteiger partial charge in [-0.1, -0.05) is 0 Å². The van der Waals surface area contributed by atoms with Gasteiger partial charge >= 0.3 is 5.69 Å². The number of pyridine rings is 1. The Labute approximate surface area is 109 Å². The highest BCUT2D eigenvalue weighted by atomic mass is 79.9. The summed E-state index contributed by atoms with van der Waals surface area (Å²) in [5.74, 6) is 0.389. The molecule has 0 saturated heterocycles. The lowest BCUT2D eigenvalue weighted by Crippen LogP contribution is -2.29. The zero-order valence-corrected chi connectivity index (χ0v) is 11.6. The fourth-order valence-electron chi connectivity index (χ4n) is 1.31. The third kappa shape index (κ3) is 3.94. The summed E-state index contributed by atoms with van der Waals surface area (Å²) in [5.41, 5.74) is 0.0145. The molecule has 0 bridgehead atoms. The number of nitrogens with zero attached hydrogens (tertiary/aromatic N) is 4. The molecule has 0 aromatic carbocycles. The lowest BCUT2D eigenvalue weighted by molar-refractivity contribution is -0.384. The molecule has 1 heterocycles. The average molecular weight is 303 g/mol. The zero-order valence-electron chi connectivity index (χ0n) is 10.1. The van der Waals surface area contributed by atoms with Crippen molar-refractivity contribution in [3.63, 3.8) is 0 Å². The highest BCUT2D eigenvalue weighted by Gasteiger charge is 2.19. The van der Waals surface area contributed by atoms with Gasteiger partial charge in [0.05, 0.1) is 4.92 Å². The van der Waals surface area contributed by atoms with Gasteiger partial charge in [0.25, 0.3) is 0 Å². The summed E-state index contributed by atoms with van der Waals surface area (Å²) in [6.45, 7) is 1.49. The molecule has 1 aromatic heterocycles. The van der Waals surface area contributed by atoms with Crippen molar-refractivity contribution in [3.05, 3.63) is 26.9 Å². The first-order valence-electron chi connectivity index (χ1n) is 5.07. The summed E-state index contributed by atoms with van der Waals surface area (Å²) in [6.07, 6.45) is 1.56. The number of likely N-dealkylation sites (N-methyl/N-ethyl adjacent to an activating group) is 2. The molecule has 1 rings (SSSR count). The van der Waals surface area contributed by atoms with Gasteiger partial charge in [-0.2, -0.15) is 0 Å². The summed E-state index contributed by atoms with van der Waals surface area (Å²) in [4.78, 5) is 18.4. The lowest BCUT2D eigenvalue weighted by atomic mass is 10.3. The molecule has 0 N–H and O–H groups in total. The smallest absolute Gasteiger partial charge is 0.312 e. The Hall–Kier alpha value is -1.21. The number of hydrogen-bond donors (Lipinski definition) is 0. The SMILES string of the molecule is CN(C)CCN(C)c1ncc(Br)cc1[N+](=O)[O-]. The number of rotatable bonds is 5. The largest absolute Gasteiger partial charge is 0.353 e. The van der Waals surface area contributed by atoms with Crippen LogP contribution in [0.15, 0.2) is 16.7 Å². The Balaban J connectivity index is 2.92. The van der Waals surface area contributed by atoms with Crippen molar-refractivity contribution in [2.75, 3.05) is 39.1 Å². The quantitative estimate of drug-likeness (QED) is 0.612. The van der Waals surface area contributed by atoms with Gasteiger partial charge in [0, 0.05) is 36.9 Å². The molecular weight excluding hydrogens is 288 g/mol. The Morgan fingerprint density at radius 1 is 1.41 bits per heavy atom. The first kappa shape index (κ1) is 13.9. The van der Waals surface area contributed by atoms with E-state index in [0.29, 0.717) is 16.8 Å². The first-order chi connectivity index (χ1) is 7.91. The van der Waals surface area contributed by atoms with Crippen molar-refractivity contribution in [2.45, 2.75) is 0 Å². The van der Waals surface area contributed by atoms with Crippen LogP contribution in [0.3, 0.4) is 0 Å². The van der Waals surface area contributed by atoms with Gasteiger partial charge in [-0.25, -0.2) is 4.98 Å². The van der Waals surface area contributed by atoms with Gasteiger partial charge in [-0.05, 0) is 30.0 Å². The molecule has 0 fully saturated rings. The molecule has 94 valence electrons. The van der Waals surface area contributed by atoms with Crippen LogP contribution in [0.5, 0.6) is 0 Å². The second kappa shape index (κ2) is 5.92. The van der Waals surface area contributed by atoms with E-state index in [0.717, 1.165) is 6.54 Å². The van der Waals surface area contributed by atoms with E-state index in [2.05, 4.69) is 20.9 Å². The van der Waals surface area contributed by atoms with Crippen LogP contribution in [-0.4, -0.2) is 49.0 Å². The molecule has 0 unspecified atom stereocenters. The van der Waals surface area contributed by atoms with E-state index < -0.39 is 4.92 Å². The number of hydrogen-bond acceptors (Lipinski definition) is 5. The number of nitro groups is 1. The molecule has 0 aliphatic carbocycles. The molecule has 0 aliphatic rings. The molecule has 0 atom stereocenters. The zero-order chi connectivity index (χ0) is 13.0. The second-order valence-electron chi connectivity index (χ2n) is 3.98. The third-order valence-corrected chi connectivity index (χ3v) is 2.69. The number of halogens is 1. The Morgan fingerprint density at radius 2 is 2.06 bits per heavy atom. The predicted octanol–water partition coefficient (Wildman–Crippen LogP) is 1.75. The molecule has 0 saturated carbocycles. The maximum absolute atomic E-state index is 10.9. The number of aromatic nitrogens is 1. The minimum absolute atomic E-state index is 0.0145. The summed E-state index contributed by atoms with van der Waals surface area (Å²) in [5, 5.41) is 10.9. The fraction of sp³-hybridized carbons (Fsp3) is 0.500. The average Bonchev–Trinajstić information content (AvgIpc) is 2.25. The number of anilines is 1. The Kier molecular flexibility index (Phi) is 4.83. The molecular formula is C10H15BrN4O2. The second-order valence-corrected chi connectivity index (χ2v) is 4.89. The van der Waals surface area contributed by atoms with E-state index in [1.165, 1.54) is 6.07 Å². The van der Waals surface area contributed by atoms with E-state index >= 15 is 0 Å². The van der Waals surface area contributed by atoms with Gasteiger partial charge in [-0.15, -0.1) is 0 Å². The Bertz CT molecular complexity index is 411. The van der Waals surface area contributed by atoms with Crippen molar-refractivity contribution in [3.8, 4) is 0 Å². The van der Waals surface area contributed by atoms with Crippen molar-refractivity contribution in [1.82, 2.24) is 9.88 Å². The van der Waals surface area contributed by atoms with Crippen LogP contribution < -0.4 is 4.90 Å². The predicted molar refractivity (Wildman–Crippen MR) is 70.4 cm³/mol. The van der Waals surface area contributed by atoms with Crippen LogP contribution in [-0.2, 0) is 0 Å². The normalized spacial score (nSPS) is 10.6. The molecule has 6 nitrogen and oxygen atoms in total. The van der Waals surface area contributed by atoms with Crippen molar-refractivity contribution < 1.29 is 4.92 Å². The van der Waals surface area contributed by atoms with E-state index in [1.54, 1.807) is 18.1 Å². The molecule has 0 spiro atoms. The highest BCUT2D eigenvalue weighted by Crippen LogP contribution is 2.27. The van der Waals surface area contributed by atoms with Crippen molar-refractivity contribution in [1.29, 1.82) is 0 Å². The lowest BCUT2D eigenvalue weighted by Gasteiger charge is -2.20. The molecule has 1 aromatic rings. The maximum Gasteiger partial charge on any atom is 0.312 e. The minimum Gasteiger partial charge on any atom is -0.353 e. The molecule has 0 aliphatic heterocycles. The van der Waals surface area contributed by atoms with E-state index in [1.807, 2.05) is 19.0 Å². The van der Waals surface area contributed by atoms with Crippen LogP contribution in [0.4, 0.5) is 11.5 Å². The van der Waals surface area contributed by atoms with Gasteiger partial charge in [-0.3, -0.25) is 10.1 Å². The molecule has 0 radical (unpaired) electrons. The van der Waals surface area contributed by atoms with E-state index in [9.17, 15) is 10.1 Å². The van der Waals surface area contributed by atoms with Crippen molar-refractivity contribution in [2.24, 2.45) is 0 Å². The van der Waals surface area contributed by atoms with Gasteiger partial charge in [0.1, 0.15) is 0 Å². The summed E-state index contributed by atoms with van der Waals surface area (Å²) in [7, 11) is 5.71. The van der Waals surface area contributed by atoms with Crippen LogP contribution in [0.2, 0.25) is 0 Å².